The Labute approximate surface area is 177 Å². The average Bonchev–Trinajstić information content (AvgIpc) is 2.71. The van der Waals surface area contributed by atoms with E-state index in [0.29, 0.717) is 30.8 Å². The van der Waals surface area contributed by atoms with E-state index in [1.807, 2.05) is 32.1 Å². The third kappa shape index (κ3) is 7.44. The van der Waals surface area contributed by atoms with Crippen LogP contribution in [0.2, 0.25) is 0 Å². The highest BCUT2D eigenvalue weighted by Crippen LogP contribution is 2.20. The van der Waals surface area contributed by atoms with Crippen LogP contribution < -0.4 is 10.4 Å². The monoisotopic (exact) mass is 416 g/mol. The van der Waals surface area contributed by atoms with Gasteiger partial charge in [-0.1, -0.05) is 17.2 Å². The number of rotatable bonds is 11. The maximum atomic E-state index is 11.3. The van der Waals surface area contributed by atoms with Crippen LogP contribution in [0.5, 0.6) is 5.75 Å². The van der Waals surface area contributed by atoms with Crippen molar-refractivity contribution in [1.29, 1.82) is 0 Å². The lowest BCUT2D eigenvalue weighted by molar-refractivity contribution is -0.0942. The van der Waals surface area contributed by atoms with Crippen LogP contribution in [0.1, 0.15) is 46.5 Å². The Morgan fingerprint density at radius 3 is 2.60 bits per heavy atom. The molecule has 1 aromatic heterocycles. The lowest BCUT2D eigenvalue weighted by Crippen LogP contribution is -2.42. The minimum atomic E-state index is -1.46. The van der Waals surface area contributed by atoms with E-state index in [1.54, 1.807) is 12.1 Å². The predicted molar refractivity (Wildman–Crippen MR) is 118 cm³/mol. The summed E-state index contributed by atoms with van der Waals surface area (Å²) in [5.41, 5.74) is 1.01. The van der Waals surface area contributed by atoms with Gasteiger partial charge in [0.05, 0.1) is 12.7 Å². The van der Waals surface area contributed by atoms with Crippen molar-refractivity contribution < 1.29 is 24.5 Å². The number of allylic oxidation sites excluding steroid dienone is 3. The summed E-state index contributed by atoms with van der Waals surface area (Å²) in [7, 11) is 0. The summed E-state index contributed by atoms with van der Waals surface area (Å²) in [5.74, 6) is 0.647. The van der Waals surface area contributed by atoms with Crippen LogP contribution in [0.3, 0.4) is 0 Å². The van der Waals surface area contributed by atoms with E-state index < -0.39 is 18.3 Å². The van der Waals surface area contributed by atoms with Gasteiger partial charge >= 0.3 is 5.63 Å². The lowest BCUT2D eigenvalue weighted by Gasteiger charge is -2.26. The van der Waals surface area contributed by atoms with E-state index in [4.69, 9.17) is 14.3 Å². The largest absolute Gasteiger partial charge is 0.489 e. The fraction of sp³-hybridized carbons (Fsp3) is 0.458. The molecule has 2 rings (SSSR count). The molecule has 0 spiro atoms. The molecule has 0 saturated carbocycles. The molecule has 0 aliphatic carbocycles. The van der Waals surface area contributed by atoms with Crippen molar-refractivity contribution in [2.45, 2.75) is 58.2 Å². The van der Waals surface area contributed by atoms with Gasteiger partial charge in [0.15, 0.2) is 0 Å². The summed E-state index contributed by atoms with van der Waals surface area (Å²) in [5, 5.41) is 29.7. The Morgan fingerprint density at radius 2 is 1.87 bits per heavy atom. The second-order valence-corrected chi connectivity index (χ2v) is 7.97. The highest BCUT2D eigenvalue weighted by Gasteiger charge is 2.28. The first-order valence-corrected chi connectivity index (χ1v) is 10.2. The van der Waals surface area contributed by atoms with Crippen molar-refractivity contribution in [1.82, 2.24) is 0 Å². The zero-order valence-electron chi connectivity index (χ0n) is 17.9. The van der Waals surface area contributed by atoms with Crippen molar-refractivity contribution in [2.75, 3.05) is 13.2 Å². The maximum Gasteiger partial charge on any atom is 0.336 e. The Kier molecular flexibility index (Phi) is 8.84. The lowest BCUT2D eigenvalue weighted by atomic mass is 9.94. The zero-order chi connectivity index (χ0) is 22.1. The Balaban J connectivity index is 1.76. The van der Waals surface area contributed by atoms with E-state index in [9.17, 15) is 15.0 Å². The first-order chi connectivity index (χ1) is 14.2. The van der Waals surface area contributed by atoms with Crippen molar-refractivity contribution in [2.24, 2.45) is 0 Å². The fourth-order valence-electron chi connectivity index (χ4n) is 2.94. The van der Waals surface area contributed by atoms with Crippen molar-refractivity contribution >= 4 is 11.0 Å². The van der Waals surface area contributed by atoms with E-state index in [1.165, 1.54) is 18.6 Å². The van der Waals surface area contributed by atoms with Gasteiger partial charge in [-0.3, -0.25) is 0 Å². The average molecular weight is 417 g/mol. The van der Waals surface area contributed by atoms with E-state index in [0.717, 1.165) is 23.8 Å². The SMILES string of the molecule is CC(=CCOc1ccc2ccc(=O)oc2c1)CCC=C(C)CC[C@H](O)[C@@](C)(O)CO. The second kappa shape index (κ2) is 11.1. The second-order valence-electron chi connectivity index (χ2n) is 7.97. The maximum absolute atomic E-state index is 11.3. The normalized spacial score (nSPS) is 15.8. The van der Waals surface area contributed by atoms with Gasteiger partial charge < -0.3 is 24.5 Å². The topological polar surface area (TPSA) is 100 Å². The molecule has 0 radical (unpaired) electrons. The molecule has 0 fully saturated rings. The molecular formula is C24H32O6. The first kappa shape index (κ1) is 23.9. The predicted octanol–water partition coefficient (Wildman–Crippen LogP) is 3.73. The van der Waals surface area contributed by atoms with Gasteiger partial charge in [-0.25, -0.2) is 4.79 Å². The van der Waals surface area contributed by atoms with Gasteiger partial charge in [-0.05, 0) is 70.7 Å². The highest BCUT2D eigenvalue weighted by molar-refractivity contribution is 5.77. The summed E-state index contributed by atoms with van der Waals surface area (Å²) in [6, 6.07) is 8.54. The summed E-state index contributed by atoms with van der Waals surface area (Å²) < 4.78 is 10.9. The summed E-state index contributed by atoms with van der Waals surface area (Å²) in [4.78, 5) is 11.3. The van der Waals surface area contributed by atoms with Crippen LogP contribution in [0.25, 0.3) is 11.0 Å². The van der Waals surface area contributed by atoms with Crippen molar-refractivity contribution in [3.63, 3.8) is 0 Å². The molecule has 2 atom stereocenters. The molecule has 0 unspecified atom stereocenters. The number of benzene rings is 1. The number of aliphatic hydroxyl groups excluding tert-OH is 2. The number of aliphatic hydroxyl groups is 3. The smallest absolute Gasteiger partial charge is 0.336 e. The van der Waals surface area contributed by atoms with Crippen LogP contribution in [-0.4, -0.2) is 40.2 Å². The standard InChI is InChI=1S/C24H32O6/c1-17(7-11-22(26)24(3,28)16-25)5-4-6-18(2)13-14-29-20-10-8-19-9-12-23(27)30-21(19)15-20/h5,8-10,12-13,15,22,25-26,28H,4,6-7,11,14,16H2,1-3H3/t22-,24-/m0/s1. The molecular weight excluding hydrogens is 384 g/mol. The quantitative estimate of drug-likeness (QED) is 0.381. The first-order valence-electron chi connectivity index (χ1n) is 10.2. The molecule has 2 aromatic rings. The fourth-order valence-corrected chi connectivity index (χ4v) is 2.94. The molecule has 1 heterocycles. The number of hydrogen-bond donors (Lipinski definition) is 3. The molecule has 6 heteroatoms. The van der Waals surface area contributed by atoms with Crippen LogP contribution in [0.15, 0.2) is 62.8 Å². The molecule has 3 N–H and O–H groups in total. The van der Waals surface area contributed by atoms with Crippen LogP contribution in [0, 0.1) is 0 Å². The Hall–Kier alpha value is -2.41. The molecule has 30 heavy (non-hydrogen) atoms. The van der Waals surface area contributed by atoms with Gasteiger partial charge in [-0.15, -0.1) is 0 Å². The van der Waals surface area contributed by atoms with Gasteiger partial charge in [0.25, 0.3) is 0 Å². The Bertz CT molecular complexity index is 938. The molecule has 0 bridgehead atoms. The van der Waals surface area contributed by atoms with Crippen LogP contribution >= 0.6 is 0 Å². The summed E-state index contributed by atoms with van der Waals surface area (Å²) >= 11 is 0. The molecule has 0 saturated heterocycles. The number of ether oxygens (including phenoxy) is 1. The molecule has 0 amide bonds. The number of hydrogen-bond acceptors (Lipinski definition) is 6. The molecule has 0 aliphatic heterocycles. The van der Waals surface area contributed by atoms with Gasteiger partial charge in [-0.2, -0.15) is 0 Å². The minimum absolute atomic E-state index is 0.382. The molecule has 164 valence electrons. The van der Waals surface area contributed by atoms with Crippen LogP contribution in [-0.2, 0) is 0 Å². The molecule has 1 aromatic carbocycles. The third-order valence-electron chi connectivity index (χ3n) is 5.16. The molecule has 6 nitrogen and oxygen atoms in total. The third-order valence-corrected chi connectivity index (χ3v) is 5.16. The van der Waals surface area contributed by atoms with Crippen molar-refractivity contribution in [3.05, 3.63) is 64.1 Å². The molecule has 0 aliphatic rings. The van der Waals surface area contributed by atoms with E-state index in [-0.39, 0.29) is 5.63 Å². The van der Waals surface area contributed by atoms with Crippen LogP contribution in [0.4, 0.5) is 0 Å². The van der Waals surface area contributed by atoms with Gasteiger partial charge in [0.2, 0.25) is 0 Å². The van der Waals surface area contributed by atoms with E-state index >= 15 is 0 Å². The van der Waals surface area contributed by atoms with Crippen molar-refractivity contribution in [3.8, 4) is 5.75 Å². The Morgan fingerprint density at radius 1 is 1.17 bits per heavy atom. The minimum Gasteiger partial charge on any atom is -0.489 e. The van der Waals surface area contributed by atoms with Gasteiger partial charge in [0, 0.05) is 17.5 Å². The highest BCUT2D eigenvalue weighted by atomic mass is 16.5. The van der Waals surface area contributed by atoms with E-state index in [2.05, 4.69) is 6.08 Å². The summed E-state index contributed by atoms with van der Waals surface area (Å²) in [6.07, 6.45) is 6.05. The zero-order valence-corrected chi connectivity index (χ0v) is 17.9. The number of fused-ring (bicyclic) bond motifs is 1. The summed E-state index contributed by atoms with van der Waals surface area (Å²) in [6.45, 7) is 5.45. The van der Waals surface area contributed by atoms with Gasteiger partial charge in [0.1, 0.15) is 23.5 Å².